The summed E-state index contributed by atoms with van der Waals surface area (Å²) in [6.45, 7) is 4.59. The molecule has 9 heteroatoms. The van der Waals surface area contributed by atoms with Gasteiger partial charge in [-0.2, -0.15) is 0 Å². The maximum Gasteiger partial charge on any atom is 0.320 e. The van der Waals surface area contributed by atoms with E-state index in [2.05, 4.69) is 10.3 Å². The van der Waals surface area contributed by atoms with Crippen LogP contribution in [0.3, 0.4) is 0 Å². The van der Waals surface area contributed by atoms with Crippen molar-refractivity contribution in [3.63, 3.8) is 0 Å². The average Bonchev–Trinajstić information content (AvgIpc) is 3.35. The first-order chi connectivity index (χ1) is 16.5. The molecule has 3 aromatic rings. The number of rotatable bonds is 4. The van der Waals surface area contributed by atoms with Crippen molar-refractivity contribution in [2.75, 3.05) is 31.5 Å². The van der Waals surface area contributed by atoms with Crippen molar-refractivity contribution in [1.82, 2.24) is 24.8 Å². The van der Waals surface area contributed by atoms with E-state index in [4.69, 9.17) is 9.97 Å². The minimum atomic E-state index is 0.0717. The van der Waals surface area contributed by atoms with Crippen LogP contribution in [-0.2, 0) is 4.79 Å². The summed E-state index contributed by atoms with van der Waals surface area (Å²) in [6.07, 6.45) is 6.45. The number of carbonyl (C=O) groups is 2. The molecular weight excluding hydrogens is 448 g/mol. The number of ketones is 1. The molecule has 1 N–H and O–H groups in total. The quantitative estimate of drug-likeness (QED) is 0.591. The van der Waals surface area contributed by atoms with Gasteiger partial charge in [-0.3, -0.25) is 4.79 Å². The van der Waals surface area contributed by atoms with Crippen LogP contribution < -0.4 is 5.32 Å². The van der Waals surface area contributed by atoms with Crippen LogP contribution >= 0.6 is 11.3 Å². The van der Waals surface area contributed by atoms with E-state index in [1.165, 1.54) is 0 Å². The summed E-state index contributed by atoms with van der Waals surface area (Å²) in [5, 5.41) is 4.37. The number of hydrogen-bond donors (Lipinski definition) is 1. The Morgan fingerprint density at radius 2 is 1.79 bits per heavy atom. The molecule has 0 unspecified atom stereocenters. The highest BCUT2D eigenvalue weighted by atomic mass is 32.1. The SMILES string of the molecule is Cc1ccnc(Nc2cccc(-c3cnc(C4CCN(C(=O)N5CCC(=O)CC5)CC4)s3)n2)c1. The highest BCUT2D eigenvalue weighted by Crippen LogP contribution is 2.35. The highest BCUT2D eigenvalue weighted by Gasteiger charge is 2.30. The number of urea groups is 1. The van der Waals surface area contributed by atoms with Crippen LogP contribution in [0.1, 0.15) is 42.2 Å². The number of piperidine rings is 2. The zero-order chi connectivity index (χ0) is 23.5. The van der Waals surface area contributed by atoms with Crippen LogP contribution in [0.5, 0.6) is 0 Å². The minimum Gasteiger partial charge on any atom is -0.325 e. The standard InChI is InChI=1S/C25H28N6O2S/c1-17-5-10-26-23(15-17)29-22-4-2-3-20(28-22)21-16-27-24(34-21)18-6-11-30(12-7-18)25(33)31-13-8-19(32)9-14-31/h2-5,10,15-16,18H,6-9,11-14H2,1H3,(H,26,28,29). The number of aryl methyl sites for hydroxylation is 1. The molecule has 0 atom stereocenters. The van der Waals surface area contributed by atoms with Crippen LogP contribution in [0.4, 0.5) is 16.4 Å². The lowest BCUT2D eigenvalue weighted by molar-refractivity contribution is -0.121. The predicted molar refractivity (Wildman–Crippen MR) is 132 cm³/mol. The molecule has 0 aromatic carbocycles. The first-order valence-corrected chi connectivity index (χ1v) is 12.6. The fourth-order valence-corrected chi connectivity index (χ4v) is 5.49. The molecule has 0 saturated carbocycles. The number of amides is 2. The van der Waals surface area contributed by atoms with Crippen LogP contribution in [0, 0.1) is 6.92 Å². The van der Waals surface area contributed by atoms with E-state index >= 15 is 0 Å². The fourth-order valence-electron chi connectivity index (χ4n) is 4.44. The maximum atomic E-state index is 12.8. The zero-order valence-electron chi connectivity index (χ0n) is 19.2. The third kappa shape index (κ3) is 5.09. The summed E-state index contributed by atoms with van der Waals surface area (Å²) in [7, 11) is 0. The van der Waals surface area contributed by atoms with Gasteiger partial charge in [0.2, 0.25) is 0 Å². The summed E-state index contributed by atoms with van der Waals surface area (Å²) in [5.41, 5.74) is 2.02. The van der Waals surface area contributed by atoms with E-state index in [1.54, 1.807) is 17.5 Å². The number of aromatic nitrogens is 3. The Kier molecular flexibility index (Phi) is 6.53. The lowest BCUT2D eigenvalue weighted by Crippen LogP contribution is -2.49. The summed E-state index contributed by atoms with van der Waals surface area (Å²) in [5.74, 6) is 2.12. The molecule has 0 spiro atoms. The summed E-state index contributed by atoms with van der Waals surface area (Å²) >= 11 is 1.68. The van der Waals surface area contributed by atoms with Gasteiger partial charge in [-0.25, -0.2) is 19.7 Å². The molecule has 0 bridgehead atoms. The minimum absolute atomic E-state index is 0.0717. The number of carbonyl (C=O) groups excluding carboxylic acids is 2. The van der Waals surface area contributed by atoms with E-state index in [0.29, 0.717) is 31.8 Å². The zero-order valence-corrected chi connectivity index (χ0v) is 20.1. The highest BCUT2D eigenvalue weighted by molar-refractivity contribution is 7.15. The van der Waals surface area contributed by atoms with Gasteiger partial charge in [-0.05, 0) is 49.6 Å². The second-order valence-electron chi connectivity index (χ2n) is 8.88. The number of thiazole rings is 1. The van der Waals surface area contributed by atoms with Gasteiger partial charge in [0.25, 0.3) is 0 Å². The molecule has 5 heterocycles. The van der Waals surface area contributed by atoms with E-state index in [1.807, 2.05) is 53.3 Å². The number of hydrogen-bond acceptors (Lipinski definition) is 7. The van der Waals surface area contributed by atoms with Crippen LogP contribution in [0.15, 0.2) is 42.7 Å². The van der Waals surface area contributed by atoms with E-state index in [0.717, 1.165) is 58.7 Å². The number of anilines is 2. The van der Waals surface area contributed by atoms with Gasteiger partial charge >= 0.3 is 6.03 Å². The number of Topliss-reactive ketones (excluding diaryl/α,β-unsaturated/α-hetero) is 1. The predicted octanol–water partition coefficient (Wildman–Crippen LogP) is 4.62. The Hall–Kier alpha value is -3.33. The van der Waals surface area contributed by atoms with Crippen molar-refractivity contribution >= 4 is 34.8 Å². The molecular formula is C25H28N6O2S. The maximum absolute atomic E-state index is 12.8. The number of likely N-dealkylation sites (tertiary alicyclic amines) is 2. The fraction of sp³-hybridized carbons (Fsp3) is 0.400. The lowest BCUT2D eigenvalue weighted by atomic mass is 9.98. The average molecular weight is 477 g/mol. The molecule has 0 aliphatic carbocycles. The molecule has 2 fully saturated rings. The van der Waals surface area contributed by atoms with Crippen molar-refractivity contribution in [1.29, 1.82) is 0 Å². The molecule has 8 nitrogen and oxygen atoms in total. The molecule has 2 amide bonds. The normalized spacial score (nSPS) is 17.1. The topological polar surface area (TPSA) is 91.3 Å². The number of nitrogens with zero attached hydrogens (tertiary/aromatic N) is 5. The molecule has 2 saturated heterocycles. The molecule has 2 aliphatic heterocycles. The summed E-state index contributed by atoms with van der Waals surface area (Å²) in [4.78, 5) is 42.8. The summed E-state index contributed by atoms with van der Waals surface area (Å²) < 4.78 is 0. The first-order valence-electron chi connectivity index (χ1n) is 11.7. The van der Waals surface area contributed by atoms with Crippen molar-refractivity contribution in [3.05, 3.63) is 53.3 Å². The van der Waals surface area contributed by atoms with Gasteiger partial charge in [0.15, 0.2) is 0 Å². The lowest BCUT2D eigenvalue weighted by Gasteiger charge is -2.36. The van der Waals surface area contributed by atoms with Gasteiger partial charge in [0.1, 0.15) is 17.4 Å². The number of nitrogens with one attached hydrogen (secondary N) is 1. The summed E-state index contributed by atoms with van der Waals surface area (Å²) in [6, 6.07) is 9.93. The van der Waals surface area contributed by atoms with E-state index in [-0.39, 0.29) is 11.8 Å². The Morgan fingerprint density at radius 3 is 2.56 bits per heavy atom. The molecule has 3 aromatic heterocycles. The van der Waals surface area contributed by atoms with Crippen molar-refractivity contribution in [2.24, 2.45) is 0 Å². The van der Waals surface area contributed by atoms with Gasteiger partial charge in [-0.1, -0.05) is 6.07 Å². The Balaban J connectivity index is 1.20. The van der Waals surface area contributed by atoms with Gasteiger partial charge in [0, 0.05) is 57.3 Å². The molecule has 34 heavy (non-hydrogen) atoms. The molecule has 5 rings (SSSR count). The van der Waals surface area contributed by atoms with Crippen LogP contribution in [0.2, 0.25) is 0 Å². The second kappa shape index (κ2) is 9.89. The second-order valence-corrected chi connectivity index (χ2v) is 9.95. The molecule has 176 valence electrons. The van der Waals surface area contributed by atoms with Gasteiger partial charge in [-0.15, -0.1) is 11.3 Å². The van der Waals surface area contributed by atoms with Crippen LogP contribution in [-0.4, -0.2) is 62.7 Å². The Labute approximate surface area is 203 Å². The third-order valence-electron chi connectivity index (χ3n) is 6.40. The smallest absolute Gasteiger partial charge is 0.320 e. The van der Waals surface area contributed by atoms with Crippen LogP contribution in [0.25, 0.3) is 10.6 Å². The largest absolute Gasteiger partial charge is 0.325 e. The Morgan fingerprint density at radius 1 is 1.03 bits per heavy atom. The number of pyridine rings is 2. The first kappa shape index (κ1) is 22.5. The molecule has 0 radical (unpaired) electrons. The van der Waals surface area contributed by atoms with E-state index in [9.17, 15) is 9.59 Å². The van der Waals surface area contributed by atoms with Gasteiger partial charge in [0.05, 0.1) is 15.6 Å². The van der Waals surface area contributed by atoms with Crippen molar-refractivity contribution < 1.29 is 9.59 Å². The monoisotopic (exact) mass is 476 g/mol. The third-order valence-corrected chi connectivity index (χ3v) is 7.59. The van der Waals surface area contributed by atoms with Crippen molar-refractivity contribution in [3.8, 4) is 10.6 Å². The van der Waals surface area contributed by atoms with E-state index < -0.39 is 0 Å². The Bertz CT molecular complexity index is 1180. The van der Waals surface area contributed by atoms with Gasteiger partial charge < -0.3 is 15.1 Å². The van der Waals surface area contributed by atoms with Crippen molar-refractivity contribution in [2.45, 2.75) is 38.5 Å². The molecule has 2 aliphatic rings.